The minimum absolute atomic E-state index is 0.192. The number of ether oxygens (including phenoxy) is 1. The van der Waals surface area contributed by atoms with Gasteiger partial charge in [-0.1, -0.05) is 25.1 Å². The standard InChI is InChI=1S/C18H19NO3S/c1-3-22-18(21)13-8-7-9-14(12-13)19-17(20)15-10-5-6-11-16(15)23-4-2/h5-12H,3-4H2,1-2H3,(H,19,20). The number of hydrogen-bond acceptors (Lipinski definition) is 4. The van der Waals surface area contributed by atoms with E-state index in [1.54, 1.807) is 49.0 Å². The second-order valence-corrected chi connectivity index (χ2v) is 5.99. The number of benzene rings is 2. The molecule has 120 valence electrons. The van der Waals surface area contributed by atoms with Gasteiger partial charge in [-0.25, -0.2) is 4.79 Å². The van der Waals surface area contributed by atoms with Crippen LogP contribution >= 0.6 is 11.8 Å². The lowest BCUT2D eigenvalue weighted by Crippen LogP contribution is -2.13. The molecule has 0 aliphatic rings. The highest BCUT2D eigenvalue weighted by Gasteiger charge is 2.12. The quantitative estimate of drug-likeness (QED) is 0.636. The minimum atomic E-state index is -0.398. The first-order valence-corrected chi connectivity index (χ1v) is 8.44. The Labute approximate surface area is 140 Å². The predicted molar refractivity (Wildman–Crippen MR) is 93.2 cm³/mol. The van der Waals surface area contributed by atoms with E-state index in [1.807, 2.05) is 25.1 Å². The van der Waals surface area contributed by atoms with Crippen LogP contribution in [0.5, 0.6) is 0 Å². The first-order valence-electron chi connectivity index (χ1n) is 7.46. The van der Waals surface area contributed by atoms with Gasteiger partial charge in [-0.2, -0.15) is 0 Å². The molecule has 2 rings (SSSR count). The number of carbonyl (C=O) groups excluding carboxylic acids is 2. The molecule has 0 aromatic heterocycles. The van der Waals surface area contributed by atoms with Crippen LogP contribution in [-0.4, -0.2) is 24.2 Å². The topological polar surface area (TPSA) is 55.4 Å². The third-order valence-corrected chi connectivity index (χ3v) is 4.02. The molecule has 2 aromatic rings. The van der Waals surface area contributed by atoms with Gasteiger partial charge in [0.05, 0.1) is 17.7 Å². The van der Waals surface area contributed by atoms with Crippen LogP contribution in [0, 0.1) is 0 Å². The van der Waals surface area contributed by atoms with E-state index in [1.165, 1.54) is 0 Å². The second-order valence-electron chi connectivity index (χ2n) is 4.68. The summed E-state index contributed by atoms with van der Waals surface area (Å²) in [5.74, 6) is 0.302. The minimum Gasteiger partial charge on any atom is -0.462 e. The van der Waals surface area contributed by atoms with E-state index in [0.717, 1.165) is 10.6 Å². The highest BCUT2D eigenvalue weighted by Crippen LogP contribution is 2.23. The van der Waals surface area contributed by atoms with Gasteiger partial charge in [-0.3, -0.25) is 4.79 Å². The van der Waals surface area contributed by atoms with Gasteiger partial charge in [0, 0.05) is 10.6 Å². The monoisotopic (exact) mass is 329 g/mol. The van der Waals surface area contributed by atoms with E-state index >= 15 is 0 Å². The van der Waals surface area contributed by atoms with Crippen LogP contribution in [0.4, 0.5) is 5.69 Å². The number of nitrogens with one attached hydrogen (secondary N) is 1. The zero-order valence-corrected chi connectivity index (χ0v) is 14.0. The van der Waals surface area contributed by atoms with E-state index in [4.69, 9.17) is 4.74 Å². The lowest BCUT2D eigenvalue weighted by atomic mass is 10.1. The van der Waals surface area contributed by atoms with Gasteiger partial charge >= 0.3 is 5.97 Å². The fourth-order valence-electron chi connectivity index (χ4n) is 2.07. The van der Waals surface area contributed by atoms with Gasteiger partial charge in [-0.05, 0) is 43.0 Å². The van der Waals surface area contributed by atoms with Gasteiger partial charge in [0.15, 0.2) is 0 Å². The SMILES string of the molecule is CCOC(=O)c1cccc(NC(=O)c2ccccc2SCC)c1. The number of thioether (sulfide) groups is 1. The lowest BCUT2D eigenvalue weighted by Gasteiger charge is -2.10. The van der Waals surface area contributed by atoms with Crippen molar-refractivity contribution < 1.29 is 14.3 Å². The number of carbonyl (C=O) groups is 2. The molecule has 0 atom stereocenters. The molecular formula is C18H19NO3S. The highest BCUT2D eigenvalue weighted by atomic mass is 32.2. The zero-order chi connectivity index (χ0) is 16.7. The molecule has 0 bridgehead atoms. The van der Waals surface area contributed by atoms with Crippen molar-refractivity contribution in [2.45, 2.75) is 18.7 Å². The summed E-state index contributed by atoms with van der Waals surface area (Å²) in [6.07, 6.45) is 0. The van der Waals surface area contributed by atoms with Crippen LogP contribution in [0.3, 0.4) is 0 Å². The van der Waals surface area contributed by atoms with Gasteiger partial charge in [0.25, 0.3) is 5.91 Å². The Morgan fingerprint density at radius 1 is 1.09 bits per heavy atom. The van der Waals surface area contributed by atoms with E-state index in [0.29, 0.717) is 23.4 Å². The summed E-state index contributed by atoms with van der Waals surface area (Å²) in [5.41, 5.74) is 1.61. The average molecular weight is 329 g/mol. The van der Waals surface area contributed by atoms with E-state index < -0.39 is 5.97 Å². The Morgan fingerprint density at radius 2 is 1.87 bits per heavy atom. The first kappa shape index (κ1) is 17.1. The van der Waals surface area contributed by atoms with Crippen molar-refractivity contribution in [3.05, 3.63) is 59.7 Å². The Bertz CT molecular complexity index is 700. The van der Waals surface area contributed by atoms with Gasteiger partial charge in [0.1, 0.15) is 0 Å². The third kappa shape index (κ3) is 4.60. The maximum Gasteiger partial charge on any atom is 0.338 e. The van der Waals surface area contributed by atoms with Gasteiger partial charge in [0.2, 0.25) is 0 Å². The summed E-state index contributed by atoms with van der Waals surface area (Å²) in [7, 11) is 0. The normalized spacial score (nSPS) is 10.2. The van der Waals surface area contributed by atoms with Crippen molar-refractivity contribution in [3.8, 4) is 0 Å². The third-order valence-electron chi connectivity index (χ3n) is 3.06. The van der Waals surface area contributed by atoms with Crippen LogP contribution in [-0.2, 0) is 4.74 Å². The van der Waals surface area contributed by atoms with E-state index in [2.05, 4.69) is 5.32 Å². The molecule has 0 saturated heterocycles. The van der Waals surface area contributed by atoms with Crippen molar-refractivity contribution >= 4 is 29.3 Å². The van der Waals surface area contributed by atoms with Gasteiger partial charge in [-0.15, -0.1) is 11.8 Å². The van der Waals surface area contributed by atoms with Crippen molar-refractivity contribution in [1.29, 1.82) is 0 Å². The summed E-state index contributed by atoms with van der Waals surface area (Å²) >= 11 is 1.62. The largest absolute Gasteiger partial charge is 0.462 e. The van der Waals surface area contributed by atoms with E-state index in [-0.39, 0.29) is 5.91 Å². The summed E-state index contributed by atoms with van der Waals surface area (Å²) in [6.45, 7) is 4.12. The molecule has 0 fully saturated rings. The Kier molecular flexibility index (Phi) is 6.23. The number of rotatable bonds is 6. The van der Waals surface area contributed by atoms with Crippen LogP contribution < -0.4 is 5.32 Å². The number of amides is 1. The molecule has 0 spiro atoms. The molecule has 0 radical (unpaired) electrons. The number of hydrogen-bond donors (Lipinski definition) is 1. The molecule has 0 saturated carbocycles. The predicted octanol–water partition coefficient (Wildman–Crippen LogP) is 4.23. The summed E-state index contributed by atoms with van der Waals surface area (Å²) in [4.78, 5) is 25.2. The number of anilines is 1. The first-order chi connectivity index (χ1) is 11.2. The van der Waals surface area contributed by atoms with Crippen LogP contribution in [0.25, 0.3) is 0 Å². The Hall–Kier alpha value is -2.27. The molecule has 0 aliphatic heterocycles. The van der Waals surface area contributed by atoms with Crippen LogP contribution in [0.2, 0.25) is 0 Å². The molecule has 2 aromatic carbocycles. The maximum absolute atomic E-state index is 12.5. The van der Waals surface area contributed by atoms with Crippen molar-refractivity contribution in [2.75, 3.05) is 17.7 Å². The van der Waals surface area contributed by atoms with Crippen LogP contribution in [0.15, 0.2) is 53.4 Å². The lowest BCUT2D eigenvalue weighted by molar-refractivity contribution is 0.0526. The smallest absolute Gasteiger partial charge is 0.338 e. The summed E-state index contributed by atoms with van der Waals surface area (Å²) < 4.78 is 4.97. The van der Waals surface area contributed by atoms with E-state index in [9.17, 15) is 9.59 Å². The Balaban J connectivity index is 2.18. The molecule has 0 aliphatic carbocycles. The summed E-state index contributed by atoms with van der Waals surface area (Å²) in [6, 6.07) is 14.2. The molecule has 4 nitrogen and oxygen atoms in total. The molecule has 0 unspecified atom stereocenters. The molecule has 5 heteroatoms. The number of esters is 1. The highest BCUT2D eigenvalue weighted by molar-refractivity contribution is 7.99. The Morgan fingerprint density at radius 3 is 2.61 bits per heavy atom. The average Bonchev–Trinajstić information content (AvgIpc) is 2.56. The van der Waals surface area contributed by atoms with Crippen LogP contribution in [0.1, 0.15) is 34.6 Å². The van der Waals surface area contributed by atoms with Crippen molar-refractivity contribution in [3.63, 3.8) is 0 Å². The molecule has 1 N–H and O–H groups in total. The molecule has 0 heterocycles. The molecule has 1 amide bonds. The molecule has 23 heavy (non-hydrogen) atoms. The molecular weight excluding hydrogens is 310 g/mol. The zero-order valence-electron chi connectivity index (χ0n) is 13.2. The summed E-state index contributed by atoms with van der Waals surface area (Å²) in [5, 5.41) is 2.83. The van der Waals surface area contributed by atoms with Crippen molar-refractivity contribution in [2.24, 2.45) is 0 Å². The maximum atomic E-state index is 12.5. The fourth-order valence-corrected chi connectivity index (χ4v) is 2.87. The van der Waals surface area contributed by atoms with Gasteiger partial charge < -0.3 is 10.1 Å². The second kappa shape index (κ2) is 8.39. The fraction of sp³-hybridized carbons (Fsp3) is 0.222. The van der Waals surface area contributed by atoms with Crippen molar-refractivity contribution in [1.82, 2.24) is 0 Å².